The first kappa shape index (κ1) is 22.8. The van der Waals surface area contributed by atoms with Gasteiger partial charge in [-0.2, -0.15) is 4.31 Å². The Morgan fingerprint density at radius 2 is 2.15 bits per heavy atom. The van der Waals surface area contributed by atoms with Gasteiger partial charge in [0.1, 0.15) is 16.7 Å². The molecule has 2 aromatic heterocycles. The molecular formula is C23H21ClN5O3S2+. The quantitative estimate of drug-likeness (QED) is 0.238. The number of nitrogens with zero attached hydrogens (tertiary/aromatic N) is 4. The number of carbonyl (C=O) groups is 1. The van der Waals surface area contributed by atoms with E-state index in [1.165, 1.54) is 24.6 Å². The molecule has 1 amide bonds. The van der Waals surface area contributed by atoms with E-state index < -0.39 is 11.0 Å². The number of pyridine rings is 1. The molecule has 8 nitrogen and oxygen atoms in total. The zero-order chi connectivity index (χ0) is 23.7. The van der Waals surface area contributed by atoms with Gasteiger partial charge in [0.25, 0.3) is 5.91 Å². The molecule has 2 aliphatic rings. The van der Waals surface area contributed by atoms with E-state index in [0.717, 1.165) is 24.9 Å². The fourth-order valence-corrected chi connectivity index (χ4v) is 5.79. The van der Waals surface area contributed by atoms with Crippen LogP contribution in [0.15, 0.2) is 30.5 Å². The van der Waals surface area contributed by atoms with Crippen LogP contribution >= 0.6 is 22.9 Å². The number of nitrogens with one attached hydrogen (secondary N) is 1. The Hall–Kier alpha value is -3.00. The molecule has 5 rings (SSSR count). The van der Waals surface area contributed by atoms with Crippen LogP contribution in [0.5, 0.6) is 5.75 Å². The summed E-state index contributed by atoms with van der Waals surface area (Å²) in [5.74, 6) is 7.37. The Labute approximate surface area is 208 Å². The van der Waals surface area contributed by atoms with Crippen LogP contribution in [0.3, 0.4) is 0 Å². The van der Waals surface area contributed by atoms with E-state index in [-0.39, 0.29) is 11.1 Å². The molecule has 3 heterocycles. The van der Waals surface area contributed by atoms with Crippen LogP contribution in [0.2, 0.25) is 5.15 Å². The van der Waals surface area contributed by atoms with E-state index in [9.17, 15) is 9.00 Å². The van der Waals surface area contributed by atoms with Crippen molar-refractivity contribution in [1.29, 1.82) is 0 Å². The minimum Gasteiger partial charge on any atom is -0.494 e. The molecule has 0 radical (unpaired) electrons. The monoisotopic (exact) mass is 514 g/mol. The van der Waals surface area contributed by atoms with Crippen molar-refractivity contribution >= 4 is 50.6 Å². The van der Waals surface area contributed by atoms with Crippen molar-refractivity contribution in [2.75, 3.05) is 29.0 Å². The van der Waals surface area contributed by atoms with Crippen molar-refractivity contribution < 1.29 is 13.7 Å². The number of halogens is 1. The van der Waals surface area contributed by atoms with Crippen molar-refractivity contribution in [2.45, 2.75) is 19.3 Å². The lowest BCUT2D eigenvalue weighted by molar-refractivity contribution is 0.102. The average Bonchev–Trinajstić information content (AvgIpc) is 3.41. The number of carbonyl (C=O) groups excluding carboxylic acids is 1. The number of methoxy groups -OCH3 is 1. The number of hydrogen-bond donors (Lipinski definition) is 1. The summed E-state index contributed by atoms with van der Waals surface area (Å²) in [4.78, 5) is 17.4. The largest absolute Gasteiger partial charge is 0.494 e. The Kier molecular flexibility index (Phi) is 6.50. The van der Waals surface area contributed by atoms with Gasteiger partial charge < -0.3 is 4.74 Å². The minimum absolute atomic E-state index is 0.266. The number of amides is 1. The molecule has 2 fully saturated rings. The summed E-state index contributed by atoms with van der Waals surface area (Å²) in [5, 5.41) is 12.1. The van der Waals surface area contributed by atoms with Gasteiger partial charge in [-0.05, 0) is 43.0 Å². The SMILES string of the molecule is COc1cnc(Cl)cc1-c1cc(N2CCC[SH+]2=O)ccc1C(=O)Nc1nnc(C#CC2CC2)s1. The van der Waals surface area contributed by atoms with E-state index in [0.29, 0.717) is 50.8 Å². The van der Waals surface area contributed by atoms with Crippen molar-refractivity contribution in [3.8, 4) is 28.7 Å². The average molecular weight is 515 g/mol. The van der Waals surface area contributed by atoms with E-state index in [4.69, 9.17) is 16.3 Å². The summed E-state index contributed by atoms with van der Waals surface area (Å²) >= 11 is 7.41. The highest BCUT2D eigenvalue weighted by Crippen LogP contribution is 2.37. The van der Waals surface area contributed by atoms with Crippen molar-refractivity contribution in [1.82, 2.24) is 15.2 Å². The van der Waals surface area contributed by atoms with Crippen LogP contribution in [0, 0.1) is 17.8 Å². The molecule has 0 bridgehead atoms. The third kappa shape index (κ3) is 4.92. The summed E-state index contributed by atoms with van der Waals surface area (Å²) in [5.41, 5.74) is 2.36. The predicted octanol–water partition coefficient (Wildman–Crippen LogP) is 4.10. The second kappa shape index (κ2) is 9.70. The maximum atomic E-state index is 13.3. The minimum atomic E-state index is -1.49. The molecule has 0 spiro atoms. The standard InChI is InChI=1S/C23H20ClN5O3S2/c1-32-19-13-25-20(24)12-18(19)17-11-15(29-9-2-10-34(29)31)6-7-16(17)22(30)26-23-28-27-21(33-23)8-5-14-3-4-14/h6-7,11-14H,2-4,9-10H2,1H3,(H,26,28,30)/p+1. The molecule has 1 saturated heterocycles. The number of aromatic nitrogens is 3. The molecule has 1 aliphatic heterocycles. The molecule has 1 aromatic carbocycles. The second-order valence-corrected chi connectivity index (χ2v) is 10.9. The molecule has 1 atom stereocenters. The fourth-order valence-electron chi connectivity index (χ4n) is 3.63. The van der Waals surface area contributed by atoms with Gasteiger partial charge in [-0.25, -0.2) is 4.98 Å². The lowest BCUT2D eigenvalue weighted by Gasteiger charge is -2.17. The highest BCUT2D eigenvalue weighted by molar-refractivity contribution is 7.86. The summed E-state index contributed by atoms with van der Waals surface area (Å²) in [6, 6.07) is 7.01. The van der Waals surface area contributed by atoms with Gasteiger partial charge >= 0.3 is 0 Å². The molecule has 34 heavy (non-hydrogen) atoms. The molecule has 1 unspecified atom stereocenters. The Morgan fingerprint density at radius 3 is 2.88 bits per heavy atom. The first-order valence-electron chi connectivity index (χ1n) is 10.7. The summed E-state index contributed by atoms with van der Waals surface area (Å²) in [7, 11) is 0.0426. The topological polar surface area (TPSA) is 97.3 Å². The zero-order valence-corrected chi connectivity index (χ0v) is 20.7. The molecule has 1 aliphatic carbocycles. The fraction of sp³-hybridized carbons (Fsp3) is 0.304. The number of hydrogen-bond acceptors (Lipinski definition) is 7. The van der Waals surface area contributed by atoms with Gasteiger partial charge in [0.05, 0.1) is 25.5 Å². The van der Waals surface area contributed by atoms with Crippen LogP contribution < -0.4 is 14.4 Å². The molecule has 11 heteroatoms. The van der Waals surface area contributed by atoms with Gasteiger partial charge in [-0.3, -0.25) is 10.1 Å². The van der Waals surface area contributed by atoms with Crippen molar-refractivity contribution in [2.24, 2.45) is 5.92 Å². The van der Waals surface area contributed by atoms with E-state index in [1.807, 2.05) is 10.4 Å². The first-order valence-corrected chi connectivity index (χ1v) is 13.3. The lowest BCUT2D eigenvalue weighted by Crippen LogP contribution is -2.20. The highest BCUT2D eigenvalue weighted by atomic mass is 35.5. The molecular weight excluding hydrogens is 494 g/mol. The van der Waals surface area contributed by atoms with Gasteiger partial charge in [-0.15, -0.1) is 10.2 Å². The first-order chi connectivity index (χ1) is 16.5. The van der Waals surface area contributed by atoms with Crippen LogP contribution in [-0.2, 0) is 15.2 Å². The zero-order valence-electron chi connectivity index (χ0n) is 18.2. The van der Waals surface area contributed by atoms with Crippen LogP contribution in [0.1, 0.15) is 34.6 Å². The molecule has 1 N–H and O–H groups in total. The summed E-state index contributed by atoms with van der Waals surface area (Å²) in [6.07, 6.45) is 4.63. The van der Waals surface area contributed by atoms with Crippen LogP contribution in [-0.4, -0.2) is 40.5 Å². The summed E-state index contributed by atoms with van der Waals surface area (Å²) in [6.45, 7) is 0.698. The number of thiol groups is 1. The van der Waals surface area contributed by atoms with Gasteiger partial charge in [-0.1, -0.05) is 33.1 Å². The Bertz CT molecular complexity index is 1350. The number of anilines is 2. The van der Waals surface area contributed by atoms with Crippen molar-refractivity contribution in [3.05, 3.63) is 46.2 Å². The normalized spacial score (nSPS) is 17.2. The Balaban J connectivity index is 1.51. The van der Waals surface area contributed by atoms with E-state index in [2.05, 4.69) is 32.3 Å². The van der Waals surface area contributed by atoms with Crippen LogP contribution in [0.4, 0.5) is 10.8 Å². The van der Waals surface area contributed by atoms with Gasteiger partial charge in [0, 0.05) is 29.0 Å². The van der Waals surface area contributed by atoms with Crippen molar-refractivity contribution in [3.63, 3.8) is 0 Å². The smallest absolute Gasteiger partial charge is 0.258 e. The molecule has 3 aromatic rings. The van der Waals surface area contributed by atoms with E-state index >= 15 is 0 Å². The maximum absolute atomic E-state index is 13.3. The highest BCUT2D eigenvalue weighted by Gasteiger charge is 2.28. The maximum Gasteiger partial charge on any atom is 0.258 e. The number of benzene rings is 1. The van der Waals surface area contributed by atoms with Gasteiger partial charge in [0.2, 0.25) is 5.13 Å². The molecule has 1 saturated carbocycles. The van der Waals surface area contributed by atoms with E-state index in [1.54, 1.807) is 18.2 Å². The van der Waals surface area contributed by atoms with Gasteiger partial charge in [0.15, 0.2) is 16.0 Å². The van der Waals surface area contributed by atoms with Crippen LogP contribution in [0.25, 0.3) is 11.1 Å². The molecule has 174 valence electrons. The predicted molar refractivity (Wildman–Crippen MR) is 135 cm³/mol. The third-order valence-corrected chi connectivity index (χ3v) is 8.11. The summed E-state index contributed by atoms with van der Waals surface area (Å²) < 4.78 is 19.8. The second-order valence-electron chi connectivity index (χ2n) is 7.90. The third-order valence-electron chi connectivity index (χ3n) is 5.48. The lowest BCUT2D eigenvalue weighted by atomic mass is 9.98. The Morgan fingerprint density at radius 1 is 1.29 bits per heavy atom. The number of rotatable bonds is 5. The number of ether oxygens (including phenoxy) is 1.